The predicted octanol–water partition coefficient (Wildman–Crippen LogP) is 4.92. The molecule has 2 aromatic rings. The number of carboxylic acids is 1. The lowest BCUT2D eigenvalue weighted by molar-refractivity contribution is -0.161. The van der Waals surface area contributed by atoms with Crippen molar-refractivity contribution in [3.8, 4) is 16.9 Å². The summed E-state index contributed by atoms with van der Waals surface area (Å²) >= 11 is 0. The molecule has 0 spiro atoms. The van der Waals surface area contributed by atoms with E-state index in [0.29, 0.717) is 5.69 Å². The third kappa shape index (κ3) is 4.01. The van der Waals surface area contributed by atoms with Gasteiger partial charge in [0.15, 0.2) is 6.10 Å². The molecule has 160 valence electrons. The largest absolute Gasteiger partial charge is 0.493 e. The van der Waals surface area contributed by atoms with Gasteiger partial charge in [-0.3, -0.25) is 4.68 Å². The van der Waals surface area contributed by atoms with Crippen LogP contribution in [-0.4, -0.2) is 33.1 Å². The summed E-state index contributed by atoms with van der Waals surface area (Å²) in [6, 6.07) is 6.14. The minimum absolute atomic E-state index is 0.580. The maximum atomic E-state index is 12.3. The fourth-order valence-corrected chi connectivity index (χ4v) is 4.33. The van der Waals surface area contributed by atoms with E-state index in [0.717, 1.165) is 66.8 Å². The van der Waals surface area contributed by atoms with Gasteiger partial charge in [-0.25, -0.2) is 4.79 Å². The molecule has 1 aliphatic carbocycles. The third-order valence-corrected chi connectivity index (χ3v) is 5.58. The maximum Gasteiger partial charge on any atom is 0.339 e. The Morgan fingerprint density at radius 1 is 1.27 bits per heavy atom. The van der Waals surface area contributed by atoms with Gasteiger partial charge in [-0.05, 0) is 81.7 Å². The highest BCUT2D eigenvalue weighted by Crippen LogP contribution is 2.42. The van der Waals surface area contributed by atoms with Crippen molar-refractivity contribution in [3.05, 3.63) is 41.2 Å². The number of ether oxygens (including phenoxy) is 2. The molecule has 30 heavy (non-hydrogen) atoms. The molecular weight excluding hydrogens is 380 g/mol. The van der Waals surface area contributed by atoms with Gasteiger partial charge in [0.1, 0.15) is 5.75 Å². The van der Waals surface area contributed by atoms with E-state index in [-0.39, 0.29) is 0 Å². The van der Waals surface area contributed by atoms with Gasteiger partial charge >= 0.3 is 5.97 Å². The van der Waals surface area contributed by atoms with E-state index in [9.17, 15) is 9.90 Å². The Morgan fingerprint density at radius 2 is 2.07 bits per heavy atom. The molecule has 2 aliphatic rings. The Bertz CT molecular complexity index is 997. The summed E-state index contributed by atoms with van der Waals surface area (Å²) in [6.07, 6.45) is 6.13. The number of hydrogen-bond donors (Lipinski definition) is 1. The van der Waals surface area contributed by atoms with Crippen LogP contribution < -0.4 is 4.74 Å². The average Bonchev–Trinajstić information content (AvgIpc) is 3.32. The summed E-state index contributed by atoms with van der Waals surface area (Å²) in [5.41, 5.74) is 5.00. The highest BCUT2D eigenvalue weighted by atomic mass is 16.5. The van der Waals surface area contributed by atoms with Gasteiger partial charge in [0.05, 0.1) is 23.6 Å². The number of rotatable bonds is 5. The van der Waals surface area contributed by atoms with Crippen LogP contribution in [0, 0.1) is 0 Å². The van der Waals surface area contributed by atoms with E-state index in [2.05, 4.69) is 12.1 Å². The minimum Gasteiger partial charge on any atom is -0.493 e. The molecule has 0 radical (unpaired) electrons. The second-order valence-electron chi connectivity index (χ2n) is 9.08. The standard InChI is InChI=1S/C24H30N2O4/c1-24(2,3)30-22(23(27)28)21-19(20(25-26(21)4)15-8-5-6-9-15)17-11-12-18-16(14-17)10-7-13-29-18/h8,11-12,14,22H,5-7,9-10,13H2,1-4H3,(H,27,28). The molecule has 6 heteroatoms. The quantitative estimate of drug-likeness (QED) is 0.757. The molecule has 1 atom stereocenters. The molecule has 2 heterocycles. The predicted molar refractivity (Wildman–Crippen MR) is 116 cm³/mol. The zero-order valence-electron chi connectivity index (χ0n) is 18.2. The number of aromatic nitrogens is 2. The number of aliphatic carboxylic acids is 1. The normalized spacial score (nSPS) is 17.3. The Labute approximate surface area is 177 Å². The number of carboxylic acid groups (broad SMARTS) is 1. The van der Waals surface area contributed by atoms with E-state index in [1.165, 1.54) is 5.57 Å². The second kappa shape index (κ2) is 7.91. The zero-order chi connectivity index (χ0) is 21.5. The fraction of sp³-hybridized carbons (Fsp3) is 0.500. The average molecular weight is 411 g/mol. The summed E-state index contributed by atoms with van der Waals surface area (Å²) in [5, 5.41) is 14.8. The third-order valence-electron chi connectivity index (χ3n) is 5.58. The lowest BCUT2D eigenvalue weighted by Crippen LogP contribution is -2.29. The van der Waals surface area contributed by atoms with Gasteiger partial charge in [0, 0.05) is 12.6 Å². The number of carbonyl (C=O) groups is 1. The topological polar surface area (TPSA) is 73.6 Å². The molecule has 1 N–H and O–H groups in total. The first kappa shape index (κ1) is 20.7. The van der Waals surface area contributed by atoms with Gasteiger partial charge in [-0.2, -0.15) is 5.10 Å². The number of hydrogen-bond acceptors (Lipinski definition) is 4. The van der Waals surface area contributed by atoms with Gasteiger partial charge in [0.2, 0.25) is 0 Å². The fourth-order valence-electron chi connectivity index (χ4n) is 4.33. The van der Waals surface area contributed by atoms with Gasteiger partial charge in [0.25, 0.3) is 0 Å². The molecule has 6 nitrogen and oxygen atoms in total. The van der Waals surface area contributed by atoms with E-state index in [1.807, 2.05) is 32.9 Å². The van der Waals surface area contributed by atoms with Crippen molar-refractivity contribution < 1.29 is 19.4 Å². The first-order valence-corrected chi connectivity index (χ1v) is 10.7. The Hall–Kier alpha value is -2.60. The minimum atomic E-state index is -1.11. The lowest BCUT2D eigenvalue weighted by atomic mass is 9.93. The summed E-state index contributed by atoms with van der Waals surface area (Å²) < 4.78 is 13.5. The molecule has 1 aromatic heterocycles. The summed E-state index contributed by atoms with van der Waals surface area (Å²) in [5.74, 6) is -0.0970. The molecule has 1 unspecified atom stereocenters. The smallest absolute Gasteiger partial charge is 0.339 e. The number of aryl methyl sites for hydroxylation is 2. The number of fused-ring (bicyclic) bond motifs is 1. The molecule has 0 bridgehead atoms. The van der Waals surface area contributed by atoms with Crippen molar-refractivity contribution in [2.75, 3.05) is 6.61 Å². The van der Waals surface area contributed by atoms with Crippen LogP contribution in [0.2, 0.25) is 0 Å². The van der Waals surface area contributed by atoms with E-state index in [4.69, 9.17) is 14.6 Å². The van der Waals surface area contributed by atoms with Gasteiger partial charge < -0.3 is 14.6 Å². The van der Waals surface area contributed by atoms with Crippen LogP contribution in [0.5, 0.6) is 5.75 Å². The highest BCUT2D eigenvalue weighted by Gasteiger charge is 2.35. The van der Waals surface area contributed by atoms with Crippen LogP contribution in [0.25, 0.3) is 16.7 Å². The van der Waals surface area contributed by atoms with Crippen LogP contribution in [0.1, 0.15) is 69.5 Å². The number of allylic oxidation sites excluding steroid dienone is 2. The summed E-state index contributed by atoms with van der Waals surface area (Å²) in [6.45, 7) is 6.35. The van der Waals surface area contributed by atoms with Crippen molar-refractivity contribution in [1.29, 1.82) is 0 Å². The van der Waals surface area contributed by atoms with E-state index < -0.39 is 17.7 Å². The highest BCUT2D eigenvalue weighted by molar-refractivity contribution is 5.86. The molecular formula is C24H30N2O4. The number of nitrogens with zero attached hydrogens (tertiary/aromatic N) is 2. The SMILES string of the molecule is Cn1nc(C2=CCCC2)c(-c2ccc3c(c2)CCCO3)c1C(OC(C)(C)C)C(=O)O. The molecule has 0 saturated heterocycles. The van der Waals surface area contributed by atoms with Crippen LogP contribution in [0.4, 0.5) is 0 Å². The molecule has 0 saturated carbocycles. The van der Waals surface area contributed by atoms with Crippen LogP contribution in [-0.2, 0) is 23.0 Å². The van der Waals surface area contributed by atoms with Crippen molar-refractivity contribution in [3.63, 3.8) is 0 Å². The van der Waals surface area contributed by atoms with Crippen molar-refractivity contribution >= 4 is 11.5 Å². The van der Waals surface area contributed by atoms with Crippen LogP contribution in [0.15, 0.2) is 24.3 Å². The summed E-state index contributed by atoms with van der Waals surface area (Å²) in [4.78, 5) is 12.3. The van der Waals surface area contributed by atoms with Crippen molar-refractivity contribution in [2.24, 2.45) is 7.05 Å². The lowest BCUT2D eigenvalue weighted by Gasteiger charge is -2.26. The number of benzene rings is 1. The first-order valence-electron chi connectivity index (χ1n) is 10.7. The zero-order valence-corrected chi connectivity index (χ0v) is 18.2. The van der Waals surface area contributed by atoms with Gasteiger partial charge in [-0.1, -0.05) is 12.1 Å². The molecule has 0 fully saturated rings. The monoisotopic (exact) mass is 410 g/mol. The van der Waals surface area contributed by atoms with Crippen LogP contribution in [0.3, 0.4) is 0 Å². The Morgan fingerprint density at radius 3 is 2.73 bits per heavy atom. The van der Waals surface area contributed by atoms with Crippen LogP contribution >= 0.6 is 0 Å². The van der Waals surface area contributed by atoms with Crippen molar-refractivity contribution in [2.45, 2.75) is 64.6 Å². The Balaban J connectivity index is 1.91. The first-order chi connectivity index (χ1) is 14.2. The van der Waals surface area contributed by atoms with Crippen molar-refractivity contribution in [1.82, 2.24) is 9.78 Å². The van der Waals surface area contributed by atoms with Gasteiger partial charge in [-0.15, -0.1) is 0 Å². The second-order valence-corrected chi connectivity index (χ2v) is 9.08. The van der Waals surface area contributed by atoms with E-state index in [1.54, 1.807) is 11.7 Å². The summed E-state index contributed by atoms with van der Waals surface area (Å²) in [7, 11) is 1.81. The molecule has 0 amide bonds. The molecule has 1 aliphatic heterocycles. The van der Waals surface area contributed by atoms with E-state index >= 15 is 0 Å². The molecule has 1 aromatic carbocycles. The maximum absolute atomic E-state index is 12.3. The molecule has 4 rings (SSSR count). The Kier molecular flexibility index (Phi) is 5.45.